The first-order valence-electron chi connectivity index (χ1n) is 6.62. The van der Waals surface area contributed by atoms with Gasteiger partial charge >= 0.3 is 0 Å². The number of hydrogen-bond acceptors (Lipinski definition) is 3. The molecule has 4 nitrogen and oxygen atoms in total. The van der Waals surface area contributed by atoms with Gasteiger partial charge in [0.2, 0.25) is 0 Å². The summed E-state index contributed by atoms with van der Waals surface area (Å²) in [5.41, 5.74) is 10.2. The van der Waals surface area contributed by atoms with Crippen LogP contribution < -0.4 is 11.1 Å². The van der Waals surface area contributed by atoms with E-state index in [2.05, 4.69) is 10.3 Å². The van der Waals surface area contributed by atoms with Crippen molar-refractivity contribution in [2.75, 3.05) is 12.3 Å². The molecule has 1 amide bonds. The van der Waals surface area contributed by atoms with E-state index < -0.39 is 0 Å². The van der Waals surface area contributed by atoms with Crippen molar-refractivity contribution in [3.63, 3.8) is 0 Å². The molecule has 2 aromatic rings. The van der Waals surface area contributed by atoms with E-state index in [0.717, 1.165) is 23.1 Å². The molecule has 0 bridgehead atoms. The number of nitrogen functional groups attached to an aromatic ring is 1. The van der Waals surface area contributed by atoms with Crippen molar-refractivity contribution < 1.29 is 4.79 Å². The fraction of sp³-hybridized carbons (Fsp3) is 0.250. The highest BCUT2D eigenvalue weighted by atomic mass is 16.1. The first-order valence-corrected chi connectivity index (χ1v) is 6.62. The topological polar surface area (TPSA) is 68.0 Å². The third-order valence-corrected chi connectivity index (χ3v) is 3.28. The normalized spacial score (nSPS) is 10.3. The zero-order chi connectivity index (χ0) is 14.5. The zero-order valence-electron chi connectivity index (χ0n) is 11.8. The molecule has 2 rings (SSSR count). The molecular formula is C16H19N3O. The fourth-order valence-corrected chi connectivity index (χ4v) is 2.08. The van der Waals surface area contributed by atoms with E-state index >= 15 is 0 Å². The van der Waals surface area contributed by atoms with Crippen molar-refractivity contribution in [1.82, 2.24) is 10.3 Å². The van der Waals surface area contributed by atoms with E-state index in [0.29, 0.717) is 17.8 Å². The molecule has 3 N–H and O–H groups in total. The summed E-state index contributed by atoms with van der Waals surface area (Å²) in [6.45, 7) is 4.44. The number of carbonyl (C=O) groups is 1. The summed E-state index contributed by atoms with van der Waals surface area (Å²) >= 11 is 0. The van der Waals surface area contributed by atoms with Gasteiger partial charge in [-0.1, -0.05) is 12.1 Å². The Morgan fingerprint density at radius 1 is 1.30 bits per heavy atom. The van der Waals surface area contributed by atoms with E-state index in [1.165, 1.54) is 0 Å². The second-order valence-electron chi connectivity index (χ2n) is 4.89. The Hall–Kier alpha value is -2.36. The molecule has 0 aliphatic rings. The van der Waals surface area contributed by atoms with Crippen LogP contribution in [0.5, 0.6) is 0 Å². The van der Waals surface area contributed by atoms with Gasteiger partial charge in [-0.05, 0) is 49.1 Å². The van der Waals surface area contributed by atoms with Crippen molar-refractivity contribution in [2.24, 2.45) is 0 Å². The van der Waals surface area contributed by atoms with Gasteiger partial charge in [-0.2, -0.15) is 0 Å². The van der Waals surface area contributed by atoms with Gasteiger partial charge in [0.05, 0.1) is 0 Å². The van der Waals surface area contributed by atoms with Gasteiger partial charge in [0.15, 0.2) is 0 Å². The lowest BCUT2D eigenvalue weighted by molar-refractivity contribution is 0.0953. The van der Waals surface area contributed by atoms with Crippen molar-refractivity contribution in [3.05, 3.63) is 58.9 Å². The van der Waals surface area contributed by atoms with Gasteiger partial charge in [0.1, 0.15) is 0 Å². The Bertz CT molecular complexity index is 609. The summed E-state index contributed by atoms with van der Waals surface area (Å²) in [5.74, 6) is -0.0851. The maximum atomic E-state index is 12.1. The first-order chi connectivity index (χ1) is 9.58. The Morgan fingerprint density at radius 3 is 2.80 bits per heavy atom. The summed E-state index contributed by atoms with van der Waals surface area (Å²) < 4.78 is 0. The number of amides is 1. The Labute approximate surface area is 119 Å². The molecule has 0 atom stereocenters. The number of nitrogens with one attached hydrogen (secondary N) is 1. The summed E-state index contributed by atoms with van der Waals surface area (Å²) in [6.07, 6.45) is 4.31. The Balaban J connectivity index is 1.97. The average molecular weight is 269 g/mol. The van der Waals surface area contributed by atoms with Crippen LogP contribution in [0.1, 0.15) is 27.0 Å². The van der Waals surface area contributed by atoms with Crippen LogP contribution in [-0.4, -0.2) is 17.4 Å². The molecular weight excluding hydrogens is 250 g/mol. The number of aromatic nitrogens is 1. The number of hydrogen-bond donors (Lipinski definition) is 2. The van der Waals surface area contributed by atoms with Gasteiger partial charge in [0.25, 0.3) is 5.91 Å². The number of nitrogens with zero attached hydrogens (tertiary/aromatic N) is 1. The molecule has 0 radical (unpaired) electrons. The minimum Gasteiger partial charge on any atom is -0.398 e. The maximum Gasteiger partial charge on any atom is 0.251 e. The lowest BCUT2D eigenvalue weighted by Gasteiger charge is -2.10. The lowest BCUT2D eigenvalue weighted by Crippen LogP contribution is -2.26. The Morgan fingerprint density at radius 2 is 2.10 bits per heavy atom. The third-order valence-electron chi connectivity index (χ3n) is 3.28. The fourth-order valence-electron chi connectivity index (χ4n) is 2.08. The molecule has 1 aromatic carbocycles. The molecule has 0 fully saturated rings. The van der Waals surface area contributed by atoms with E-state index in [1.54, 1.807) is 18.5 Å². The average Bonchev–Trinajstić information content (AvgIpc) is 2.44. The molecule has 0 unspecified atom stereocenters. The SMILES string of the molecule is Cc1cc(C)c(C(=O)NCCc2cccnc2)cc1N. The van der Waals surface area contributed by atoms with Crippen LogP contribution in [0.4, 0.5) is 5.69 Å². The third kappa shape index (κ3) is 3.35. The molecule has 0 aliphatic carbocycles. The van der Waals surface area contributed by atoms with Gasteiger partial charge in [-0.15, -0.1) is 0 Å². The number of anilines is 1. The summed E-state index contributed by atoms with van der Waals surface area (Å²) in [7, 11) is 0. The minimum absolute atomic E-state index is 0.0851. The van der Waals surface area contributed by atoms with E-state index in [4.69, 9.17) is 5.73 Å². The highest BCUT2D eigenvalue weighted by molar-refractivity contribution is 5.96. The Kier molecular flexibility index (Phi) is 4.35. The number of carbonyl (C=O) groups excluding carboxylic acids is 1. The van der Waals surface area contributed by atoms with Crippen LogP contribution in [0, 0.1) is 13.8 Å². The lowest BCUT2D eigenvalue weighted by atomic mass is 10.0. The second-order valence-corrected chi connectivity index (χ2v) is 4.89. The van der Waals surface area contributed by atoms with Crippen LogP contribution in [-0.2, 0) is 6.42 Å². The zero-order valence-corrected chi connectivity index (χ0v) is 11.8. The van der Waals surface area contributed by atoms with Crippen LogP contribution in [0.3, 0.4) is 0 Å². The molecule has 0 aliphatic heterocycles. The molecule has 1 aromatic heterocycles. The summed E-state index contributed by atoms with van der Waals surface area (Å²) in [4.78, 5) is 16.2. The molecule has 4 heteroatoms. The number of rotatable bonds is 4. The van der Waals surface area contributed by atoms with Crippen LogP contribution in [0.25, 0.3) is 0 Å². The first kappa shape index (κ1) is 14.1. The summed E-state index contributed by atoms with van der Waals surface area (Å²) in [6, 6.07) is 7.56. The maximum absolute atomic E-state index is 12.1. The van der Waals surface area contributed by atoms with Gasteiger partial charge in [-0.3, -0.25) is 9.78 Å². The van der Waals surface area contributed by atoms with E-state index in [-0.39, 0.29) is 5.91 Å². The summed E-state index contributed by atoms with van der Waals surface area (Å²) in [5, 5.41) is 2.91. The standard InChI is InChI=1S/C16H19N3O/c1-11-8-12(2)15(17)9-14(11)16(20)19-7-5-13-4-3-6-18-10-13/h3-4,6,8-10H,5,7,17H2,1-2H3,(H,19,20). The largest absolute Gasteiger partial charge is 0.398 e. The smallest absolute Gasteiger partial charge is 0.251 e. The van der Waals surface area contributed by atoms with E-state index in [1.807, 2.05) is 32.0 Å². The molecule has 104 valence electrons. The molecule has 1 heterocycles. The van der Waals surface area contributed by atoms with Crippen molar-refractivity contribution in [2.45, 2.75) is 20.3 Å². The monoisotopic (exact) mass is 269 g/mol. The molecule has 20 heavy (non-hydrogen) atoms. The van der Waals surface area contributed by atoms with Gasteiger partial charge in [-0.25, -0.2) is 0 Å². The quantitative estimate of drug-likeness (QED) is 0.836. The van der Waals surface area contributed by atoms with Crippen LogP contribution >= 0.6 is 0 Å². The highest BCUT2D eigenvalue weighted by Gasteiger charge is 2.10. The van der Waals surface area contributed by atoms with Crippen molar-refractivity contribution >= 4 is 11.6 Å². The highest BCUT2D eigenvalue weighted by Crippen LogP contribution is 2.17. The van der Waals surface area contributed by atoms with Gasteiger partial charge < -0.3 is 11.1 Å². The van der Waals surface area contributed by atoms with Crippen LogP contribution in [0.2, 0.25) is 0 Å². The number of pyridine rings is 1. The number of benzene rings is 1. The van der Waals surface area contributed by atoms with Crippen molar-refractivity contribution in [1.29, 1.82) is 0 Å². The molecule has 0 saturated heterocycles. The predicted octanol–water partition coefficient (Wildman–Crippen LogP) is 2.25. The predicted molar refractivity (Wildman–Crippen MR) is 80.6 cm³/mol. The van der Waals surface area contributed by atoms with Crippen molar-refractivity contribution in [3.8, 4) is 0 Å². The van der Waals surface area contributed by atoms with E-state index in [9.17, 15) is 4.79 Å². The minimum atomic E-state index is -0.0851. The number of nitrogens with two attached hydrogens (primary N) is 1. The number of aryl methyl sites for hydroxylation is 2. The van der Waals surface area contributed by atoms with Gasteiger partial charge in [0, 0.05) is 30.2 Å². The second kappa shape index (κ2) is 6.19. The van der Waals surface area contributed by atoms with Crippen LogP contribution in [0.15, 0.2) is 36.7 Å². The molecule has 0 spiro atoms. The molecule has 0 saturated carbocycles.